The summed E-state index contributed by atoms with van der Waals surface area (Å²) in [6.07, 6.45) is 2.56. The number of anilines is 1. The maximum Gasteiger partial charge on any atom is 0.136 e. The Balaban J connectivity index is 1.49. The summed E-state index contributed by atoms with van der Waals surface area (Å²) in [6.45, 7) is 6.36. The van der Waals surface area contributed by atoms with Gasteiger partial charge in [0.2, 0.25) is 0 Å². The fraction of sp³-hybridized carbons (Fsp3) is 0.357. The number of rotatable bonds is 1. The number of halogens is 1. The van der Waals surface area contributed by atoms with Gasteiger partial charge in [-0.2, -0.15) is 5.10 Å². The third-order valence-corrected chi connectivity index (χ3v) is 7.26. The summed E-state index contributed by atoms with van der Waals surface area (Å²) >= 11 is 0. The number of fused-ring (bicyclic) bond motifs is 6. The lowest BCUT2D eigenvalue weighted by Crippen LogP contribution is -2.45. The van der Waals surface area contributed by atoms with Crippen LogP contribution in [0.2, 0.25) is 0 Å². The maximum absolute atomic E-state index is 15.0. The lowest BCUT2D eigenvalue weighted by atomic mass is 10.0. The molecular weight excluding hydrogens is 455 g/mol. The molecule has 7 nitrogen and oxygen atoms in total. The number of nitrogens with zero attached hydrogens (tertiary/aromatic N) is 5. The van der Waals surface area contributed by atoms with Crippen LogP contribution in [0.3, 0.4) is 0 Å². The van der Waals surface area contributed by atoms with Gasteiger partial charge in [0.15, 0.2) is 0 Å². The SMILES string of the molecule is CN1CCN(c2ccc3cc2CN(C)CCCOc2cccc(F)c2-c2cc4c-3n[nH]c4cn2)CC1. The summed E-state index contributed by atoms with van der Waals surface area (Å²) in [5.41, 5.74) is 6.21. The third kappa shape index (κ3) is 4.31. The first-order valence-corrected chi connectivity index (χ1v) is 12.6. The molecule has 6 rings (SSSR count). The summed E-state index contributed by atoms with van der Waals surface area (Å²) in [4.78, 5) is 11.7. The number of nitrogens with one attached hydrogen (secondary N) is 1. The Bertz CT molecular complexity index is 1390. The number of likely N-dealkylation sites (N-methyl/N-ethyl adjacent to an activating group) is 1. The molecule has 0 aliphatic carbocycles. The summed E-state index contributed by atoms with van der Waals surface area (Å²) < 4.78 is 21.1. The molecule has 4 bridgehead atoms. The minimum absolute atomic E-state index is 0.343. The number of H-pyrrole nitrogens is 1. The van der Waals surface area contributed by atoms with Crippen molar-refractivity contribution in [3.8, 4) is 28.3 Å². The van der Waals surface area contributed by atoms with Crippen molar-refractivity contribution in [3.63, 3.8) is 0 Å². The second kappa shape index (κ2) is 9.52. The van der Waals surface area contributed by atoms with Gasteiger partial charge < -0.3 is 19.4 Å². The predicted molar refractivity (Wildman–Crippen MR) is 141 cm³/mol. The minimum Gasteiger partial charge on any atom is -0.493 e. The highest BCUT2D eigenvalue weighted by Crippen LogP contribution is 2.36. The van der Waals surface area contributed by atoms with Gasteiger partial charge in [-0.25, -0.2) is 4.39 Å². The van der Waals surface area contributed by atoms with Crippen LogP contribution >= 0.6 is 0 Å². The van der Waals surface area contributed by atoms with E-state index in [-0.39, 0.29) is 5.82 Å². The fourth-order valence-corrected chi connectivity index (χ4v) is 5.25. The first-order chi connectivity index (χ1) is 17.6. The Morgan fingerprint density at radius 3 is 2.69 bits per heavy atom. The van der Waals surface area contributed by atoms with Crippen LogP contribution in [0, 0.1) is 5.82 Å². The number of hydrogen-bond donors (Lipinski definition) is 1. The third-order valence-electron chi connectivity index (χ3n) is 7.26. The molecule has 1 fully saturated rings. The van der Waals surface area contributed by atoms with Crippen molar-refractivity contribution >= 4 is 16.6 Å². The molecule has 2 aromatic carbocycles. The highest BCUT2D eigenvalue weighted by Gasteiger charge is 2.21. The molecule has 0 amide bonds. The van der Waals surface area contributed by atoms with E-state index in [0.717, 1.165) is 67.8 Å². The normalized spacial score (nSPS) is 17.5. The van der Waals surface area contributed by atoms with Crippen molar-refractivity contribution < 1.29 is 9.13 Å². The first kappa shape index (κ1) is 22.9. The molecule has 36 heavy (non-hydrogen) atoms. The standard InChI is InChI=1S/C28H31FN6O/c1-33-10-12-35(13-11-33)25-8-7-19-15-20(25)18-34(2)9-4-14-36-26-6-3-5-22(29)27(26)23-16-21-24(17-30-23)31-32-28(19)21/h3,5-8,15-17H,4,9-14,18H2,1-2H3,(H,31,32). The van der Waals surface area contributed by atoms with E-state index >= 15 is 4.39 Å². The van der Waals surface area contributed by atoms with Crippen molar-refractivity contribution in [2.24, 2.45) is 0 Å². The molecule has 2 aromatic heterocycles. The van der Waals surface area contributed by atoms with Gasteiger partial charge in [-0.05, 0) is 56.4 Å². The Hall–Kier alpha value is -3.49. The summed E-state index contributed by atoms with van der Waals surface area (Å²) in [7, 11) is 4.33. The van der Waals surface area contributed by atoms with Gasteiger partial charge in [0, 0.05) is 55.9 Å². The van der Waals surface area contributed by atoms with E-state index in [2.05, 4.69) is 62.2 Å². The zero-order valence-electron chi connectivity index (χ0n) is 20.8. The van der Waals surface area contributed by atoms with Gasteiger partial charge in [-0.3, -0.25) is 10.1 Å². The van der Waals surface area contributed by atoms with Gasteiger partial charge in [0.05, 0.1) is 29.6 Å². The van der Waals surface area contributed by atoms with Gasteiger partial charge in [-0.15, -0.1) is 0 Å². The molecule has 0 radical (unpaired) electrons. The molecule has 186 valence electrons. The summed E-state index contributed by atoms with van der Waals surface area (Å²) in [6, 6.07) is 13.5. The summed E-state index contributed by atoms with van der Waals surface area (Å²) in [5, 5.41) is 8.67. The Labute approximate surface area is 210 Å². The molecule has 2 aliphatic heterocycles. The fourth-order valence-electron chi connectivity index (χ4n) is 5.25. The van der Waals surface area contributed by atoms with Crippen LogP contribution in [0.1, 0.15) is 12.0 Å². The smallest absolute Gasteiger partial charge is 0.136 e. The highest BCUT2D eigenvalue weighted by atomic mass is 19.1. The van der Waals surface area contributed by atoms with E-state index in [1.807, 2.05) is 12.1 Å². The second-order valence-electron chi connectivity index (χ2n) is 9.87. The molecule has 4 heterocycles. The van der Waals surface area contributed by atoms with E-state index in [4.69, 9.17) is 4.74 Å². The number of piperazine rings is 1. The van der Waals surface area contributed by atoms with Crippen LogP contribution in [-0.2, 0) is 6.54 Å². The van der Waals surface area contributed by atoms with Gasteiger partial charge in [-0.1, -0.05) is 12.1 Å². The second-order valence-corrected chi connectivity index (χ2v) is 9.87. The first-order valence-electron chi connectivity index (χ1n) is 12.6. The number of aromatic amines is 1. The van der Waals surface area contributed by atoms with Gasteiger partial charge in [0.25, 0.3) is 0 Å². The lowest BCUT2D eigenvalue weighted by molar-refractivity contribution is 0.258. The van der Waals surface area contributed by atoms with E-state index in [9.17, 15) is 0 Å². The molecular formula is C28H31FN6O. The Morgan fingerprint density at radius 2 is 1.83 bits per heavy atom. The van der Waals surface area contributed by atoms with Crippen LogP contribution in [-0.4, -0.2) is 78.4 Å². The number of aromatic nitrogens is 3. The zero-order chi connectivity index (χ0) is 24.6. The molecule has 1 N–H and O–H groups in total. The van der Waals surface area contributed by atoms with E-state index in [0.29, 0.717) is 23.6 Å². The van der Waals surface area contributed by atoms with E-state index < -0.39 is 0 Å². The van der Waals surface area contributed by atoms with E-state index in [1.165, 1.54) is 17.3 Å². The van der Waals surface area contributed by atoms with Crippen molar-refractivity contribution in [1.82, 2.24) is 25.0 Å². The number of pyridine rings is 1. The number of benzene rings is 2. The Kier molecular flexibility index (Phi) is 6.07. The molecule has 0 saturated carbocycles. The molecule has 0 unspecified atom stereocenters. The van der Waals surface area contributed by atoms with Crippen LogP contribution in [0.25, 0.3) is 33.4 Å². The monoisotopic (exact) mass is 486 g/mol. The van der Waals surface area contributed by atoms with Crippen LogP contribution in [0.15, 0.2) is 48.7 Å². The predicted octanol–water partition coefficient (Wildman–Crippen LogP) is 4.40. The molecule has 0 spiro atoms. The van der Waals surface area contributed by atoms with Crippen molar-refractivity contribution in [2.75, 3.05) is 58.3 Å². The average Bonchev–Trinajstić information content (AvgIpc) is 3.30. The van der Waals surface area contributed by atoms with Crippen LogP contribution < -0.4 is 9.64 Å². The number of ether oxygens (including phenoxy) is 1. The largest absolute Gasteiger partial charge is 0.493 e. The van der Waals surface area contributed by atoms with Gasteiger partial charge in [0.1, 0.15) is 17.3 Å². The Morgan fingerprint density at radius 1 is 0.972 bits per heavy atom. The number of hydrogen-bond acceptors (Lipinski definition) is 6. The van der Waals surface area contributed by atoms with Crippen LogP contribution in [0.4, 0.5) is 10.1 Å². The van der Waals surface area contributed by atoms with Crippen molar-refractivity contribution in [3.05, 3.63) is 60.0 Å². The quantitative estimate of drug-likeness (QED) is 0.431. The van der Waals surface area contributed by atoms with Gasteiger partial charge >= 0.3 is 0 Å². The molecule has 8 heteroatoms. The van der Waals surface area contributed by atoms with Crippen LogP contribution in [0.5, 0.6) is 5.75 Å². The minimum atomic E-state index is -0.343. The van der Waals surface area contributed by atoms with E-state index in [1.54, 1.807) is 12.3 Å². The van der Waals surface area contributed by atoms with Crippen molar-refractivity contribution in [1.29, 1.82) is 0 Å². The average molecular weight is 487 g/mol. The van der Waals surface area contributed by atoms with Crippen molar-refractivity contribution in [2.45, 2.75) is 13.0 Å². The molecule has 2 aliphatic rings. The lowest BCUT2D eigenvalue weighted by Gasteiger charge is -2.35. The highest BCUT2D eigenvalue weighted by molar-refractivity contribution is 5.95. The maximum atomic E-state index is 15.0. The molecule has 1 saturated heterocycles. The molecule has 4 aromatic rings. The topological polar surface area (TPSA) is 60.5 Å². The molecule has 0 atom stereocenters. The zero-order valence-corrected chi connectivity index (χ0v) is 20.8. The summed E-state index contributed by atoms with van der Waals surface area (Å²) in [5.74, 6) is 0.173.